The van der Waals surface area contributed by atoms with Crippen molar-refractivity contribution in [1.29, 1.82) is 0 Å². The number of anilines is 2. The molecular formula is C11H19N5O4. The van der Waals surface area contributed by atoms with E-state index in [9.17, 15) is 15.2 Å². The Hall–Kier alpha value is -2.00. The normalized spacial score (nSPS) is 11.9. The highest BCUT2D eigenvalue weighted by Gasteiger charge is 2.22. The number of nitrogens with zero attached hydrogens (tertiary/aromatic N) is 3. The fraction of sp³-hybridized carbons (Fsp3) is 0.636. The summed E-state index contributed by atoms with van der Waals surface area (Å²) in [6.45, 7) is 2.90. The van der Waals surface area contributed by atoms with E-state index in [0.29, 0.717) is 19.5 Å². The minimum Gasteiger partial charge on any atom is -0.391 e. The molecule has 0 saturated heterocycles. The van der Waals surface area contributed by atoms with Gasteiger partial charge in [0, 0.05) is 20.2 Å². The van der Waals surface area contributed by atoms with E-state index in [0.717, 1.165) is 0 Å². The van der Waals surface area contributed by atoms with E-state index >= 15 is 0 Å². The van der Waals surface area contributed by atoms with E-state index in [4.69, 9.17) is 4.74 Å². The summed E-state index contributed by atoms with van der Waals surface area (Å²) in [7, 11) is 1.49. The third-order valence-electron chi connectivity index (χ3n) is 2.48. The second-order valence-electron chi connectivity index (χ2n) is 4.03. The molecule has 0 radical (unpaired) electrons. The molecule has 3 N–H and O–H groups in total. The predicted molar refractivity (Wildman–Crippen MR) is 73.8 cm³/mol. The highest BCUT2D eigenvalue weighted by Crippen LogP contribution is 2.28. The van der Waals surface area contributed by atoms with Crippen LogP contribution >= 0.6 is 0 Å². The largest absolute Gasteiger partial charge is 0.391 e. The summed E-state index contributed by atoms with van der Waals surface area (Å²) in [5.74, 6) is 0.304. The van der Waals surface area contributed by atoms with Gasteiger partial charge in [0.25, 0.3) is 0 Å². The van der Waals surface area contributed by atoms with Gasteiger partial charge in [0.1, 0.15) is 6.33 Å². The lowest BCUT2D eigenvalue weighted by Gasteiger charge is -2.11. The molecule has 1 aromatic heterocycles. The van der Waals surface area contributed by atoms with Crippen LogP contribution < -0.4 is 10.6 Å². The van der Waals surface area contributed by atoms with Gasteiger partial charge >= 0.3 is 5.69 Å². The lowest BCUT2D eigenvalue weighted by atomic mass is 10.2. The first-order chi connectivity index (χ1) is 9.60. The number of hydrogen-bond donors (Lipinski definition) is 3. The van der Waals surface area contributed by atoms with Crippen LogP contribution in [0.3, 0.4) is 0 Å². The molecule has 9 heteroatoms. The molecule has 9 nitrogen and oxygen atoms in total. The molecule has 0 saturated carbocycles. The molecule has 0 fully saturated rings. The molecule has 0 aliphatic rings. The molecule has 0 bridgehead atoms. The third kappa shape index (κ3) is 4.59. The Labute approximate surface area is 116 Å². The first kappa shape index (κ1) is 16.1. The summed E-state index contributed by atoms with van der Waals surface area (Å²) in [6, 6.07) is 0. The summed E-state index contributed by atoms with van der Waals surface area (Å²) in [5.41, 5.74) is -0.199. The Morgan fingerprint density at radius 1 is 1.45 bits per heavy atom. The van der Waals surface area contributed by atoms with Crippen molar-refractivity contribution in [3.05, 3.63) is 16.4 Å². The van der Waals surface area contributed by atoms with Gasteiger partial charge in [-0.05, 0) is 13.3 Å². The number of nitro groups is 1. The summed E-state index contributed by atoms with van der Waals surface area (Å²) in [4.78, 5) is 18.3. The molecule has 112 valence electrons. The number of aliphatic hydroxyl groups is 1. The Morgan fingerprint density at radius 3 is 2.65 bits per heavy atom. The average molecular weight is 285 g/mol. The van der Waals surface area contributed by atoms with Gasteiger partial charge in [-0.25, -0.2) is 9.97 Å². The van der Waals surface area contributed by atoms with Crippen molar-refractivity contribution < 1.29 is 14.8 Å². The Kier molecular flexibility index (Phi) is 6.60. The molecule has 0 spiro atoms. The second-order valence-corrected chi connectivity index (χ2v) is 4.03. The summed E-state index contributed by atoms with van der Waals surface area (Å²) in [5, 5.41) is 26.2. The van der Waals surface area contributed by atoms with Gasteiger partial charge in [0.05, 0.1) is 17.6 Å². The van der Waals surface area contributed by atoms with Crippen molar-refractivity contribution in [2.45, 2.75) is 19.4 Å². The van der Waals surface area contributed by atoms with E-state index in [2.05, 4.69) is 20.6 Å². The zero-order chi connectivity index (χ0) is 15.0. The molecule has 20 heavy (non-hydrogen) atoms. The monoisotopic (exact) mass is 285 g/mol. The Morgan fingerprint density at radius 2 is 2.10 bits per heavy atom. The van der Waals surface area contributed by atoms with Crippen LogP contribution in [-0.4, -0.2) is 52.9 Å². The van der Waals surface area contributed by atoms with Gasteiger partial charge in [-0.2, -0.15) is 0 Å². The fourth-order valence-electron chi connectivity index (χ4n) is 1.61. The maximum atomic E-state index is 11.1. The Balaban J connectivity index is 2.74. The molecule has 0 aromatic carbocycles. The number of nitrogens with one attached hydrogen (secondary N) is 2. The van der Waals surface area contributed by atoms with Gasteiger partial charge in [0.2, 0.25) is 11.6 Å². The molecule has 1 aromatic rings. The number of aliphatic hydroxyl groups excluding tert-OH is 1. The molecule has 0 aliphatic heterocycles. The molecular weight excluding hydrogens is 266 g/mol. The van der Waals surface area contributed by atoms with Crippen molar-refractivity contribution in [3.63, 3.8) is 0 Å². The average Bonchev–Trinajstić information content (AvgIpc) is 2.39. The molecule has 1 unspecified atom stereocenters. The van der Waals surface area contributed by atoms with Crippen LogP contribution in [0.5, 0.6) is 0 Å². The molecule has 1 rings (SSSR count). The van der Waals surface area contributed by atoms with E-state index in [1.165, 1.54) is 13.4 Å². The minimum absolute atomic E-state index is 0.130. The van der Waals surface area contributed by atoms with Crippen LogP contribution in [0.1, 0.15) is 13.3 Å². The molecule has 0 aliphatic carbocycles. The minimum atomic E-state index is -0.623. The summed E-state index contributed by atoms with van der Waals surface area (Å²) < 4.78 is 4.80. The molecule has 0 amide bonds. The molecule has 1 heterocycles. The summed E-state index contributed by atoms with van der Waals surface area (Å²) in [6.07, 6.45) is 1.02. The maximum Gasteiger partial charge on any atom is 0.353 e. The van der Waals surface area contributed by atoms with Gasteiger partial charge in [-0.1, -0.05) is 0 Å². The van der Waals surface area contributed by atoms with Crippen molar-refractivity contribution >= 4 is 17.3 Å². The summed E-state index contributed by atoms with van der Waals surface area (Å²) >= 11 is 0. The zero-order valence-electron chi connectivity index (χ0n) is 11.5. The fourth-order valence-corrected chi connectivity index (χ4v) is 1.61. The Bertz CT molecular complexity index is 443. The van der Waals surface area contributed by atoms with Gasteiger partial charge in [0.15, 0.2) is 0 Å². The van der Waals surface area contributed by atoms with Crippen LogP contribution in [0, 0.1) is 10.1 Å². The number of hydrogen-bond acceptors (Lipinski definition) is 8. The van der Waals surface area contributed by atoms with Crippen LogP contribution in [0.2, 0.25) is 0 Å². The SMILES string of the molecule is CCNc1ncnc(NCCC(O)COC)c1[N+](=O)[O-]. The number of methoxy groups -OCH3 is 1. The number of ether oxygens (including phenoxy) is 1. The first-order valence-electron chi connectivity index (χ1n) is 6.24. The third-order valence-corrected chi connectivity index (χ3v) is 2.48. The number of rotatable bonds is 9. The zero-order valence-corrected chi connectivity index (χ0v) is 11.5. The van der Waals surface area contributed by atoms with Crippen LogP contribution in [0.25, 0.3) is 0 Å². The van der Waals surface area contributed by atoms with E-state index in [1.54, 1.807) is 0 Å². The van der Waals surface area contributed by atoms with Crippen molar-refractivity contribution in [2.75, 3.05) is 37.4 Å². The van der Waals surface area contributed by atoms with E-state index in [-0.39, 0.29) is 23.9 Å². The lowest BCUT2D eigenvalue weighted by molar-refractivity contribution is -0.383. The topological polar surface area (TPSA) is 122 Å². The highest BCUT2D eigenvalue weighted by atomic mass is 16.6. The van der Waals surface area contributed by atoms with E-state index in [1.807, 2.05) is 6.92 Å². The molecule has 1 atom stereocenters. The quantitative estimate of drug-likeness (QED) is 0.446. The van der Waals surface area contributed by atoms with E-state index < -0.39 is 11.0 Å². The lowest BCUT2D eigenvalue weighted by Crippen LogP contribution is -2.19. The maximum absolute atomic E-state index is 11.1. The second kappa shape index (κ2) is 8.23. The van der Waals surface area contributed by atoms with Gasteiger partial charge in [-0.3, -0.25) is 10.1 Å². The number of aromatic nitrogens is 2. The standard InChI is InChI=1S/C11H19N5O4/c1-3-12-10-9(16(18)19)11(15-7-14-10)13-5-4-8(17)6-20-2/h7-8,17H,3-6H2,1-2H3,(H2,12,13,14,15). The predicted octanol–water partition coefficient (Wildman–Crippen LogP) is 0.626. The van der Waals surface area contributed by atoms with Crippen LogP contribution in [0.15, 0.2) is 6.33 Å². The van der Waals surface area contributed by atoms with Crippen molar-refractivity contribution in [3.8, 4) is 0 Å². The van der Waals surface area contributed by atoms with Gasteiger partial charge in [-0.15, -0.1) is 0 Å². The van der Waals surface area contributed by atoms with Gasteiger partial charge < -0.3 is 20.5 Å². The van der Waals surface area contributed by atoms with Crippen LogP contribution in [-0.2, 0) is 4.74 Å². The van der Waals surface area contributed by atoms with Crippen molar-refractivity contribution in [1.82, 2.24) is 9.97 Å². The van der Waals surface area contributed by atoms with Crippen molar-refractivity contribution in [2.24, 2.45) is 0 Å². The van der Waals surface area contributed by atoms with Crippen LogP contribution in [0.4, 0.5) is 17.3 Å². The first-order valence-corrected chi connectivity index (χ1v) is 6.24. The highest BCUT2D eigenvalue weighted by molar-refractivity contribution is 5.69. The smallest absolute Gasteiger partial charge is 0.353 e.